The zero-order valence-corrected chi connectivity index (χ0v) is 16.0. The van der Waals surface area contributed by atoms with E-state index in [9.17, 15) is 13.2 Å². The van der Waals surface area contributed by atoms with Crippen molar-refractivity contribution < 1.29 is 13.2 Å². The Balaban J connectivity index is 1.93. The molecule has 2 aromatic carbocycles. The minimum atomic E-state index is -3.41. The third-order valence-corrected chi connectivity index (χ3v) is 4.56. The van der Waals surface area contributed by atoms with Crippen LogP contribution < -0.4 is 10.0 Å². The Hall–Kier alpha value is -3.13. The van der Waals surface area contributed by atoms with Crippen LogP contribution in [0.5, 0.6) is 0 Å². The van der Waals surface area contributed by atoms with Gasteiger partial charge in [-0.2, -0.15) is 0 Å². The number of aromatic nitrogens is 2. The Kier molecular flexibility index (Phi) is 5.00. The molecule has 3 rings (SSSR count). The van der Waals surface area contributed by atoms with Crippen molar-refractivity contribution in [2.24, 2.45) is 0 Å². The minimum Gasteiger partial charge on any atom is -0.322 e. The van der Waals surface area contributed by atoms with Gasteiger partial charge >= 0.3 is 0 Å². The number of anilines is 2. The molecule has 8 heteroatoms. The molecule has 1 heterocycles. The average molecular weight is 384 g/mol. The van der Waals surface area contributed by atoms with Gasteiger partial charge in [0, 0.05) is 18.1 Å². The normalized spacial score (nSPS) is 11.2. The Bertz CT molecular complexity index is 1090. The van der Waals surface area contributed by atoms with Crippen LogP contribution in [0.3, 0.4) is 0 Å². The Morgan fingerprint density at radius 1 is 1.11 bits per heavy atom. The van der Waals surface area contributed by atoms with Crippen LogP contribution in [0.15, 0.2) is 55.1 Å². The molecule has 0 aliphatic heterocycles. The molecule has 0 saturated heterocycles. The van der Waals surface area contributed by atoms with Crippen molar-refractivity contribution >= 4 is 27.3 Å². The summed E-state index contributed by atoms with van der Waals surface area (Å²) in [5.41, 5.74) is 3.83. The number of sulfonamides is 1. The number of nitrogens with one attached hydrogen (secondary N) is 2. The molecule has 1 amide bonds. The molecule has 0 saturated carbocycles. The molecule has 0 atom stereocenters. The van der Waals surface area contributed by atoms with E-state index in [2.05, 4.69) is 15.0 Å². The van der Waals surface area contributed by atoms with Gasteiger partial charge in [0.1, 0.15) is 0 Å². The van der Waals surface area contributed by atoms with Gasteiger partial charge in [-0.05, 0) is 43.7 Å². The summed E-state index contributed by atoms with van der Waals surface area (Å²) in [4.78, 5) is 16.9. The molecule has 0 spiro atoms. The van der Waals surface area contributed by atoms with Crippen molar-refractivity contribution in [1.29, 1.82) is 0 Å². The van der Waals surface area contributed by atoms with Gasteiger partial charge in [-0.3, -0.25) is 9.52 Å². The highest BCUT2D eigenvalue weighted by Gasteiger charge is 2.14. The fourth-order valence-electron chi connectivity index (χ4n) is 2.67. The topological polar surface area (TPSA) is 93.1 Å². The Morgan fingerprint density at radius 3 is 2.56 bits per heavy atom. The van der Waals surface area contributed by atoms with Crippen LogP contribution in [0, 0.1) is 13.8 Å². The fourth-order valence-corrected chi connectivity index (χ4v) is 3.29. The van der Waals surface area contributed by atoms with Gasteiger partial charge in [-0.1, -0.05) is 17.7 Å². The van der Waals surface area contributed by atoms with Crippen LogP contribution in [0.2, 0.25) is 0 Å². The third kappa shape index (κ3) is 4.53. The van der Waals surface area contributed by atoms with E-state index in [1.807, 2.05) is 19.1 Å². The van der Waals surface area contributed by atoms with Crippen molar-refractivity contribution in [2.45, 2.75) is 13.8 Å². The first-order valence-electron chi connectivity index (χ1n) is 8.22. The molecule has 1 aromatic heterocycles. The molecule has 27 heavy (non-hydrogen) atoms. The molecule has 0 unspecified atom stereocenters. The number of imidazole rings is 1. The highest BCUT2D eigenvalue weighted by molar-refractivity contribution is 7.92. The van der Waals surface area contributed by atoms with Crippen LogP contribution in [-0.2, 0) is 10.0 Å². The molecule has 0 aliphatic rings. The minimum absolute atomic E-state index is 0.295. The monoisotopic (exact) mass is 384 g/mol. The number of carbonyl (C=O) groups is 1. The SMILES string of the molecule is Cc1ccc(-n2ccnc2)c(C(=O)Nc2ccc(C)c(NS(C)(=O)=O)c2)c1. The van der Waals surface area contributed by atoms with E-state index in [1.165, 1.54) is 0 Å². The first kappa shape index (κ1) is 18.7. The van der Waals surface area contributed by atoms with E-state index in [0.29, 0.717) is 22.6 Å². The maximum absolute atomic E-state index is 12.9. The Morgan fingerprint density at radius 2 is 1.89 bits per heavy atom. The predicted molar refractivity (Wildman–Crippen MR) is 106 cm³/mol. The van der Waals surface area contributed by atoms with Gasteiger partial charge in [-0.15, -0.1) is 0 Å². The number of aryl methyl sites for hydroxylation is 2. The summed E-state index contributed by atoms with van der Waals surface area (Å²) in [6.07, 6.45) is 6.12. The van der Waals surface area contributed by atoms with Crippen molar-refractivity contribution in [3.63, 3.8) is 0 Å². The van der Waals surface area contributed by atoms with E-state index in [0.717, 1.165) is 17.4 Å². The predicted octanol–water partition coefficient (Wildman–Crippen LogP) is 3.11. The largest absolute Gasteiger partial charge is 0.322 e. The first-order valence-corrected chi connectivity index (χ1v) is 10.1. The van der Waals surface area contributed by atoms with Crippen LogP contribution in [0.1, 0.15) is 21.5 Å². The van der Waals surface area contributed by atoms with Crippen molar-refractivity contribution in [1.82, 2.24) is 9.55 Å². The second kappa shape index (κ2) is 7.24. The molecule has 140 valence electrons. The van der Waals surface area contributed by atoms with Gasteiger partial charge < -0.3 is 9.88 Å². The quantitative estimate of drug-likeness (QED) is 0.707. The number of benzene rings is 2. The van der Waals surface area contributed by atoms with E-state index in [1.54, 1.807) is 54.5 Å². The molecule has 0 fully saturated rings. The van der Waals surface area contributed by atoms with Gasteiger partial charge in [-0.25, -0.2) is 13.4 Å². The van der Waals surface area contributed by atoms with Gasteiger partial charge in [0.15, 0.2) is 0 Å². The molecule has 0 radical (unpaired) electrons. The van der Waals surface area contributed by atoms with Crippen LogP contribution >= 0.6 is 0 Å². The van der Waals surface area contributed by atoms with E-state index in [-0.39, 0.29) is 5.91 Å². The molecular weight excluding hydrogens is 364 g/mol. The Labute approximate surface area is 158 Å². The second-order valence-corrected chi connectivity index (χ2v) is 8.10. The summed E-state index contributed by atoms with van der Waals surface area (Å²) in [7, 11) is -3.41. The van der Waals surface area contributed by atoms with Gasteiger partial charge in [0.2, 0.25) is 10.0 Å². The molecular formula is C19H20N4O3S. The summed E-state index contributed by atoms with van der Waals surface area (Å²) in [6, 6.07) is 10.7. The van der Waals surface area contributed by atoms with E-state index in [4.69, 9.17) is 0 Å². The summed E-state index contributed by atoms with van der Waals surface area (Å²) in [6.45, 7) is 3.70. The first-order chi connectivity index (χ1) is 12.7. The van der Waals surface area contributed by atoms with E-state index >= 15 is 0 Å². The standard InChI is InChI=1S/C19H20N4O3S/c1-13-4-7-18(23-9-8-20-12-23)16(10-13)19(24)21-15-6-5-14(2)17(11-15)22-27(3,25)26/h4-12,22H,1-3H3,(H,21,24). The number of carbonyl (C=O) groups excluding carboxylic acids is 1. The van der Waals surface area contributed by atoms with Gasteiger partial charge in [0.05, 0.1) is 29.5 Å². The molecule has 0 bridgehead atoms. The third-order valence-electron chi connectivity index (χ3n) is 3.97. The number of nitrogens with zero attached hydrogens (tertiary/aromatic N) is 2. The summed E-state index contributed by atoms with van der Waals surface area (Å²) in [5.74, 6) is -0.295. The molecule has 0 aliphatic carbocycles. The molecule has 2 N–H and O–H groups in total. The summed E-state index contributed by atoms with van der Waals surface area (Å²) >= 11 is 0. The lowest BCUT2D eigenvalue weighted by Gasteiger charge is -2.14. The lowest BCUT2D eigenvalue weighted by Crippen LogP contribution is -2.16. The maximum Gasteiger partial charge on any atom is 0.257 e. The second-order valence-electron chi connectivity index (χ2n) is 6.35. The lowest BCUT2D eigenvalue weighted by atomic mass is 10.1. The smallest absolute Gasteiger partial charge is 0.257 e. The number of amides is 1. The lowest BCUT2D eigenvalue weighted by molar-refractivity contribution is 0.102. The van der Waals surface area contributed by atoms with Gasteiger partial charge in [0.25, 0.3) is 5.91 Å². The highest BCUT2D eigenvalue weighted by Crippen LogP contribution is 2.23. The zero-order chi connectivity index (χ0) is 19.6. The summed E-state index contributed by atoms with van der Waals surface area (Å²) in [5, 5.41) is 2.83. The fraction of sp³-hybridized carbons (Fsp3) is 0.158. The molecule has 7 nitrogen and oxygen atoms in total. The molecule has 3 aromatic rings. The maximum atomic E-state index is 12.9. The van der Waals surface area contributed by atoms with Crippen LogP contribution in [0.4, 0.5) is 11.4 Å². The average Bonchev–Trinajstić information content (AvgIpc) is 3.11. The van der Waals surface area contributed by atoms with Crippen molar-refractivity contribution in [3.05, 3.63) is 71.8 Å². The van der Waals surface area contributed by atoms with Crippen molar-refractivity contribution in [2.75, 3.05) is 16.3 Å². The summed E-state index contributed by atoms with van der Waals surface area (Å²) < 4.78 is 27.2. The van der Waals surface area contributed by atoms with Crippen molar-refractivity contribution in [3.8, 4) is 5.69 Å². The van der Waals surface area contributed by atoms with Crippen LogP contribution in [-0.4, -0.2) is 30.1 Å². The van der Waals surface area contributed by atoms with E-state index < -0.39 is 10.0 Å². The number of hydrogen-bond donors (Lipinski definition) is 2. The van der Waals surface area contributed by atoms with Crippen LogP contribution in [0.25, 0.3) is 5.69 Å². The zero-order valence-electron chi connectivity index (χ0n) is 15.2. The highest BCUT2D eigenvalue weighted by atomic mass is 32.2. The number of hydrogen-bond acceptors (Lipinski definition) is 4. The number of rotatable bonds is 5.